The Balaban J connectivity index is 4.34. The third-order valence-corrected chi connectivity index (χ3v) is 5.76. The van der Waals surface area contributed by atoms with Crippen LogP contribution >= 0.6 is 0 Å². The average Bonchev–Trinajstić information content (AvgIpc) is 3.02. The molecule has 0 aromatic rings. The number of carbonyl (C=O) groups is 5. The van der Waals surface area contributed by atoms with E-state index in [1.807, 2.05) is 12.2 Å². The summed E-state index contributed by atoms with van der Waals surface area (Å²) in [6.07, 6.45) is 32.9. The molecule has 0 spiro atoms. The molecule has 0 aliphatic heterocycles. The zero-order valence-corrected chi connectivity index (χ0v) is 26.4. The number of allylic oxidation sites excluding steroid dienone is 12. The second-order valence-electron chi connectivity index (χ2n) is 9.22. The Morgan fingerprint density at radius 2 is 1.16 bits per heavy atom. The minimum atomic E-state index is -2.14. The summed E-state index contributed by atoms with van der Waals surface area (Å²) in [5.74, 6) is -4.06. The number of amides is 2. The molecule has 44 heavy (non-hydrogen) atoms. The number of hydrogen-bond donors (Lipinski definition) is 2. The zero-order valence-electron chi connectivity index (χ0n) is 26.4. The maximum absolute atomic E-state index is 12.4. The standard InChI is InChI=1S/C34H48N2O8/c1-5-7-8-9-10-11-12-13-14-15-16-17-18-19-20-21-22-23-24-25-29(37)35-28-32(40)44-34(6-2,33(41)43-4)36-30(38)26-27-31(39)42-3/h7-8,10-11,13-14,16-17,19-20,22-23,26-27H,5-6,9,12,15,18,21,24-25,28H2,1-4H3,(H,35,37)(H,36,38). The molecule has 242 valence electrons. The lowest BCUT2D eigenvalue weighted by atomic mass is 10.1. The van der Waals surface area contributed by atoms with Crippen molar-refractivity contribution < 1.29 is 38.2 Å². The van der Waals surface area contributed by atoms with E-state index in [9.17, 15) is 24.0 Å². The quantitative estimate of drug-likeness (QED) is 0.0556. The monoisotopic (exact) mass is 612 g/mol. The van der Waals surface area contributed by atoms with Crippen molar-refractivity contribution in [2.75, 3.05) is 20.8 Å². The fourth-order valence-corrected chi connectivity index (χ4v) is 3.38. The van der Waals surface area contributed by atoms with Crippen molar-refractivity contribution in [3.05, 3.63) is 85.1 Å². The van der Waals surface area contributed by atoms with E-state index in [2.05, 4.69) is 87.8 Å². The molecule has 0 saturated heterocycles. The molecule has 0 bridgehead atoms. The Kier molecular flexibility index (Phi) is 23.5. The molecule has 0 aliphatic rings. The summed E-state index contributed by atoms with van der Waals surface area (Å²) in [4.78, 5) is 60.2. The van der Waals surface area contributed by atoms with Crippen LogP contribution in [0.5, 0.6) is 0 Å². The Morgan fingerprint density at radius 3 is 1.61 bits per heavy atom. The molecule has 0 aromatic carbocycles. The molecule has 2 N–H and O–H groups in total. The lowest BCUT2D eigenvalue weighted by Gasteiger charge is -2.29. The number of nitrogens with one attached hydrogen (secondary N) is 2. The van der Waals surface area contributed by atoms with E-state index in [-0.39, 0.29) is 18.7 Å². The van der Waals surface area contributed by atoms with Crippen molar-refractivity contribution in [2.45, 2.75) is 77.4 Å². The van der Waals surface area contributed by atoms with Gasteiger partial charge in [0.15, 0.2) is 0 Å². The third kappa shape index (κ3) is 20.4. The molecule has 10 nitrogen and oxygen atoms in total. The van der Waals surface area contributed by atoms with Crippen LogP contribution in [0, 0.1) is 0 Å². The lowest BCUT2D eigenvalue weighted by Crippen LogP contribution is -2.58. The van der Waals surface area contributed by atoms with Crippen molar-refractivity contribution >= 4 is 29.7 Å². The van der Waals surface area contributed by atoms with Gasteiger partial charge in [-0.15, -0.1) is 0 Å². The molecule has 1 unspecified atom stereocenters. The molecule has 1 atom stereocenters. The predicted octanol–water partition coefficient (Wildman–Crippen LogP) is 5.25. The van der Waals surface area contributed by atoms with Gasteiger partial charge in [-0.1, -0.05) is 86.8 Å². The number of esters is 3. The van der Waals surface area contributed by atoms with Crippen molar-refractivity contribution in [3.8, 4) is 0 Å². The summed E-state index contributed by atoms with van der Waals surface area (Å²) < 4.78 is 14.3. The molecule has 2 amide bonds. The summed E-state index contributed by atoms with van der Waals surface area (Å²) in [5, 5.41) is 4.66. The van der Waals surface area contributed by atoms with Gasteiger partial charge in [0.05, 0.1) is 14.2 Å². The Labute approximate surface area is 261 Å². The SMILES string of the molecule is CCC=CCC=CCC=CCC=CCC=CCC=CCCC(=O)NCC(=O)OC(CC)(NC(=O)C=CC(=O)OC)C(=O)OC. The first-order chi connectivity index (χ1) is 21.2. The molecular formula is C34H48N2O8. The van der Waals surface area contributed by atoms with E-state index in [1.54, 1.807) is 0 Å². The molecule has 0 heterocycles. The van der Waals surface area contributed by atoms with Crippen LogP contribution in [0.25, 0.3) is 0 Å². The van der Waals surface area contributed by atoms with Gasteiger partial charge in [0.1, 0.15) is 6.54 Å². The van der Waals surface area contributed by atoms with Crippen LogP contribution in [-0.2, 0) is 38.2 Å². The van der Waals surface area contributed by atoms with Crippen molar-refractivity contribution in [1.29, 1.82) is 0 Å². The summed E-state index contributed by atoms with van der Waals surface area (Å²) in [6.45, 7) is 3.10. The summed E-state index contributed by atoms with van der Waals surface area (Å²) in [5.41, 5.74) is -2.14. The average molecular weight is 613 g/mol. The highest BCUT2D eigenvalue weighted by molar-refractivity contribution is 5.97. The van der Waals surface area contributed by atoms with Crippen LogP contribution in [0.15, 0.2) is 85.1 Å². The highest BCUT2D eigenvalue weighted by atomic mass is 16.6. The summed E-state index contributed by atoms with van der Waals surface area (Å²) in [6, 6.07) is 0. The maximum atomic E-state index is 12.4. The normalized spacial score (nSPS) is 13.5. The van der Waals surface area contributed by atoms with Crippen LogP contribution in [-0.4, -0.2) is 56.2 Å². The first-order valence-corrected chi connectivity index (χ1v) is 14.8. The molecule has 0 aliphatic carbocycles. The van der Waals surface area contributed by atoms with Gasteiger partial charge in [0.25, 0.3) is 5.72 Å². The van der Waals surface area contributed by atoms with Crippen molar-refractivity contribution in [1.82, 2.24) is 10.6 Å². The van der Waals surface area contributed by atoms with Crippen LogP contribution < -0.4 is 10.6 Å². The van der Waals surface area contributed by atoms with Gasteiger partial charge in [-0.2, -0.15) is 0 Å². The minimum absolute atomic E-state index is 0.153. The largest absolute Gasteiger partial charge is 0.466 e. The van der Waals surface area contributed by atoms with Gasteiger partial charge < -0.3 is 24.8 Å². The van der Waals surface area contributed by atoms with Gasteiger partial charge >= 0.3 is 17.9 Å². The molecule has 0 saturated carbocycles. The molecule has 0 rings (SSSR count). The Morgan fingerprint density at radius 1 is 0.659 bits per heavy atom. The number of hydrogen-bond acceptors (Lipinski definition) is 8. The maximum Gasteiger partial charge on any atom is 0.372 e. The van der Waals surface area contributed by atoms with Gasteiger partial charge in [-0.25, -0.2) is 9.59 Å². The summed E-state index contributed by atoms with van der Waals surface area (Å²) in [7, 11) is 2.20. The predicted molar refractivity (Wildman–Crippen MR) is 171 cm³/mol. The Bertz CT molecular complexity index is 1100. The molecule has 0 radical (unpaired) electrons. The van der Waals surface area contributed by atoms with Crippen LogP contribution in [0.3, 0.4) is 0 Å². The number of carbonyl (C=O) groups excluding carboxylic acids is 5. The van der Waals surface area contributed by atoms with E-state index in [0.717, 1.165) is 64.9 Å². The lowest BCUT2D eigenvalue weighted by molar-refractivity contribution is -0.186. The van der Waals surface area contributed by atoms with Gasteiger partial charge in [0.2, 0.25) is 11.8 Å². The van der Waals surface area contributed by atoms with E-state index in [0.29, 0.717) is 6.42 Å². The highest BCUT2D eigenvalue weighted by Gasteiger charge is 2.43. The zero-order chi connectivity index (χ0) is 32.9. The smallest absolute Gasteiger partial charge is 0.372 e. The second-order valence-corrected chi connectivity index (χ2v) is 9.22. The van der Waals surface area contributed by atoms with E-state index in [1.165, 1.54) is 6.92 Å². The van der Waals surface area contributed by atoms with Crippen LogP contribution in [0.4, 0.5) is 0 Å². The van der Waals surface area contributed by atoms with Gasteiger partial charge in [-0.05, 0) is 44.9 Å². The van der Waals surface area contributed by atoms with Gasteiger partial charge in [-0.3, -0.25) is 14.4 Å². The molecular weight excluding hydrogens is 564 g/mol. The first-order valence-electron chi connectivity index (χ1n) is 14.8. The minimum Gasteiger partial charge on any atom is -0.466 e. The van der Waals surface area contributed by atoms with Crippen LogP contribution in [0.2, 0.25) is 0 Å². The topological polar surface area (TPSA) is 137 Å². The first kappa shape index (κ1) is 39.5. The molecule has 0 fully saturated rings. The third-order valence-electron chi connectivity index (χ3n) is 5.76. The fraction of sp³-hybridized carbons (Fsp3) is 0.441. The number of methoxy groups -OCH3 is 2. The van der Waals surface area contributed by atoms with Crippen molar-refractivity contribution in [2.24, 2.45) is 0 Å². The molecule has 10 heteroatoms. The van der Waals surface area contributed by atoms with E-state index in [4.69, 9.17) is 4.74 Å². The van der Waals surface area contributed by atoms with Crippen molar-refractivity contribution in [3.63, 3.8) is 0 Å². The van der Waals surface area contributed by atoms with E-state index < -0.39 is 36.1 Å². The van der Waals surface area contributed by atoms with Gasteiger partial charge in [0, 0.05) is 25.0 Å². The van der Waals surface area contributed by atoms with E-state index >= 15 is 0 Å². The fourth-order valence-electron chi connectivity index (χ4n) is 3.38. The molecule has 0 aromatic heterocycles. The number of ether oxygens (including phenoxy) is 3. The second kappa shape index (κ2) is 26.2. The Hall–Kier alpha value is -4.47. The summed E-state index contributed by atoms with van der Waals surface area (Å²) >= 11 is 0. The number of rotatable bonds is 22. The van der Waals surface area contributed by atoms with Crippen LogP contribution in [0.1, 0.15) is 71.6 Å². The highest BCUT2D eigenvalue weighted by Crippen LogP contribution is 2.15.